The van der Waals surface area contributed by atoms with Gasteiger partial charge in [0.25, 0.3) is 0 Å². The molecule has 17 heavy (non-hydrogen) atoms. The number of rotatable bonds is 1. The zero-order chi connectivity index (χ0) is 12.7. The van der Waals surface area contributed by atoms with Gasteiger partial charge in [-0.05, 0) is 41.6 Å². The summed E-state index contributed by atoms with van der Waals surface area (Å²) < 4.78 is 38.1. The van der Waals surface area contributed by atoms with Gasteiger partial charge in [-0.1, -0.05) is 0 Å². The minimum Gasteiger partial charge on any atom is -0.383 e. The number of hydrogen-bond acceptors (Lipinski definition) is 3. The maximum absolute atomic E-state index is 12.5. The Kier molecular flexibility index (Phi) is 3.53. The summed E-state index contributed by atoms with van der Waals surface area (Å²) in [6.07, 6.45) is -3.96. The molecule has 96 valence electrons. The molecule has 0 atom stereocenters. The molecule has 1 aliphatic rings. The standard InChI is InChI=1S/C10H11BrF3NOS/c11-7-5-17-8(15-7)9(16)3-1-6(2-4-9)10(12,13)14/h5-6,16H,1-4H2. The third-order valence-corrected chi connectivity index (χ3v) is 4.89. The summed E-state index contributed by atoms with van der Waals surface area (Å²) in [6.45, 7) is 0. The van der Waals surface area contributed by atoms with E-state index in [2.05, 4.69) is 20.9 Å². The van der Waals surface area contributed by atoms with Crippen LogP contribution in [-0.4, -0.2) is 16.3 Å². The Bertz CT molecular complexity index is 399. The fourth-order valence-corrected chi connectivity index (χ4v) is 3.52. The zero-order valence-corrected chi connectivity index (χ0v) is 11.2. The van der Waals surface area contributed by atoms with E-state index in [4.69, 9.17) is 0 Å². The van der Waals surface area contributed by atoms with Crippen LogP contribution in [0.25, 0.3) is 0 Å². The third kappa shape index (κ3) is 2.82. The highest BCUT2D eigenvalue weighted by Crippen LogP contribution is 2.45. The molecule has 0 aliphatic heterocycles. The minimum atomic E-state index is -4.15. The number of alkyl halides is 3. The van der Waals surface area contributed by atoms with Crippen LogP contribution in [0, 0.1) is 5.92 Å². The van der Waals surface area contributed by atoms with Gasteiger partial charge in [0.1, 0.15) is 15.2 Å². The van der Waals surface area contributed by atoms with E-state index in [9.17, 15) is 18.3 Å². The zero-order valence-electron chi connectivity index (χ0n) is 8.80. The van der Waals surface area contributed by atoms with Crippen molar-refractivity contribution in [1.82, 2.24) is 4.98 Å². The van der Waals surface area contributed by atoms with Crippen molar-refractivity contribution < 1.29 is 18.3 Å². The lowest BCUT2D eigenvalue weighted by Crippen LogP contribution is -2.36. The molecule has 1 N–H and O–H groups in total. The second-order valence-corrected chi connectivity index (χ2v) is 5.99. The summed E-state index contributed by atoms with van der Waals surface area (Å²) in [4.78, 5) is 4.10. The van der Waals surface area contributed by atoms with Crippen LogP contribution >= 0.6 is 27.3 Å². The Hall–Kier alpha value is -0.140. The van der Waals surface area contributed by atoms with Crippen LogP contribution in [0.4, 0.5) is 13.2 Å². The van der Waals surface area contributed by atoms with Gasteiger partial charge in [0.2, 0.25) is 0 Å². The van der Waals surface area contributed by atoms with Gasteiger partial charge in [-0.25, -0.2) is 4.98 Å². The SMILES string of the molecule is OC1(c2nc(Br)cs2)CCC(C(F)(F)F)CC1. The first kappa shape index (κ1) is 13.3. The van der Waals surface area contributed by atoms with Gasteiger partial charge in [0.05, 0.1) is 5.92 Å². The Morgan fingerprint density at radius 3 is 2.41 bits per heavy atom. The van der Waals surface area contributed by atoms with Crippen molar-refractivity contribution in [3.8, 4) is 0 Å². The Morgan fingerprint density at radius 1 is 1.41 bits per heavy atom. The largest absolute Gasteiger partial charge is 0.391 e. The van der Waals surface area contributed by atoms with Crippen LogP contribution in [0.1, 0.15) is 30.7 Å². The molecule has 0 unspecified atom stereocenters. The average Bonchev–Trinajstić information content (AvgIpc) is 2.65. The highest BCUT2D eigenvalue weighted by molar-refractivity contribution is 9.10. The molecule has 1 heterocycles. The van der Waals surface area contributed by atoms with Gasteiger partial charge in [-0.2, -0.15) is 13.2 Å². The number of halogens is 4. The van der Waals surface area contributed by atoms with E-state index in [0.29, 0.717) is 9.61 Å². The molecule has 0 aromatic carbocycles. The summed E-state index contributed by atoms with van der Waals surface area (Å²) in [5.74, 6) is -1.29. The molecule has 2 nitrogen and oxygen atoms in total. The maximum atomic E-state index is 12.5. The fraction of sp³-hybridized carbons (Fsp3) is 0.700. The van der Waals surface area contributed by atoms with Crippen molar-refractivity contribution >= 4 is 27.3 Å². The minimum absolute atomic E-state index is 0.0306. The molecule has 7 heteroatoms. The highest BCUT2D eigenvalue weighted by atomic mass is 79.9. The lowest BCUT2D eigenvalue weighted by molar-refractivity contribution is -0.193. The molecular formula is C10H11BrF3NOS. The van der Waals surface area contributed by atoms with Crippen LogP contribution in [0.5, 0.6) is 0 Å². The first-order valence-electron chi connectivity index (χ1n) is 5.22. The molecule has 1 aromatic heterocycles. The Morgan fingerprint density at radius 2 is 2.00 bits per heavy atom. The molecule has 0 bridgehead atoms. The van der Waals surface area contributed by atoms with Crippen LogP contribution in [-0.2, 0) is 5.60 Å². The van der Waals surface area contributed by atoms with E-state index < -0.39 is 17.7 Å². The monoisotopic (exact) mass is 329 g/mol. The predicted octanol–water partition coefficient (Wildman–Crippen LogP) is 3.85. The second-order valence-electron chi connectivity index (χ2n) is 4.32. The number of aliphatic hydroxyl groups is 1. The molecule has 1 aromatic rings. The van der Waals surface area contributed by atoms with Crippen molar-refractivity contribution in [2.45, 2.75) is 37.5 Å². The first-order valence-corrected chi connectivity index (χ1v) is 6.89. The van der Waals surface area contributed by atoms with E-state index in [1.165, 1.54) is 11.3 Å². The van der Waals surface area contributed by atoms with Crippen LogP contribution in [0.15, 0.2) is 9.98 Å². The van der Waals surface area contributed by atoms with Gasteiger partial charge in [-0.15, -0.1) is 11.3 Å². The van der Waals surface area contributed by atoms with E-state index in [1.54, 1.807) is 5.38 Å². The molecule has 0 radical (unpaired) electrons. The molecule has 1 saturated carbocycles. The molecule has 2 rings (SSSR count). The fourth-order valence-electron chi connectivity index (χ4n) is 2.10. The molecule has 1 aliphatic carbocycles. The van der Waals surface area contributed by atoms with E-state index in [-0.39, 0.29) is 25.7 Å². The van der Waals surface area contributed by atoms with Crippen LogP contribution < -0.4 is 0 Å². The van der Waals surface area contributed by atoms with Crippen molar-refractivity contribution in [2.75, 3.05) is 0 Å². The highest BCUT2D eigenvalue weighted by Gasteiger charge is 2.46. The topological polar surface area (TPSA) is 33.1 Å². The van der Waals surface area contributed by atoms with E-state index >= 15 is 0 Å². The van der Waals surface area contributed by atoms with Crippen molar-refractivity contribution in [1.29, 1.82) is 0 Å². The van der Waals surface area contributed by atoms with Crippen molar-refractivity contribution in [3.63, 3.8) is 0 Å². The van der Waals surface area contributed by atoms with E-state index in [0.717, 1.165) is 0 Å². The maximum Gasteiger partial charge on any atom is 0.391 e. The summed E-state index contributed by atoms with van der Waals surface area (Å²) >= 11 is 4.45. The smallest absolute Gasteiger partial charge is 0.383 e. The Balaban J connectivity index is 2.07. The van der Waals surface area contributed by atoms with E-state index in [1.807, 2.05) is 0 Å². The number of nitrogens with zero attached hydrogens (tertiary/aromatic N) is 1. The Labute approximate surface area is 109 Å². The van der Waals surface area contributed by atoms with Crippen LogP contribution in [0.3, 0.4) is 0 Å². The summed E-state index contributed by atoms with van der Waals surface area (Å²) in [5.41, 5.74) is -1.18. The molecule has 0 spiro atoms. The quantitative estimate of drug-likeness (QED) is 0.849. The van der Waals surface area contributed by atoms with Gasteiger partial charge in [-0.3, -0.25) is 0 Å². The number of aromatic nitrogens is 1. The molecule has 0 saturated heterocycles. The van der Waals surface area contributed by atoms with Gasteiger partial charge >= 0.3 is 6.18 Å². The lowest BCUT2D eigenvalue weighted by Gasteiger charge is -2.35. The summed E-state index contributed by atoms with van der Waals surface area (Å²) in [5, 5.41) is 12.5. The average molecular weight is 330 g/mol. The van der Waals surface area contributed by atoms with Crippen molar-refractivity contribution in [2.24, 2.45) is 5.92 Å². The van der Waals surface area contributed by atoms with Crippen LogP contribution in [0.2, 0.25) is 0 Å². The first-order chi connectivity index (χ1) is 7.81. The van der Waals surface area contributed by atoms with Gasteiger partial charge in [0, 0.05) is 5.38 Å². The summed E-state index contributed by atoms with van der Waals surface area (Å²) in [6, 6.07) is 0. The predicted molar refractivity (Wildman–Crippen MR) is 61.7 cm³/mol. The number of thiazole rings is 1. The lowest BCUT2D eigenvalue weighted by atomic mass is 9.79. The van der Waals surface area contributed by atoms with Crippen molar-refractivity contribution in [3.05, 3.63) is 15.0 Å². The second kappa shape index (κ2) is 4.51. The van der Waals surface area contributed by atoms with Gasteiger partial charge < -0.3 is 5.11 Å². The summed E-state index contributed by atoms with van der Waals surface area (Å²) in [7, 11) is 0. The molecule has 0 amide bonds. The normalized spacial score (nSPS) is 30.5. The third-order valence-electron chi connectivity index (χ3n) is 3.15. The molecule has 1 fully saturated rings. The molecular weight excluding hydrogens is 319 g/mol. The number of hydrogen-bond donors (Lipinski definition) is 1. The van der Waals surface area contributed by atoms with Gasteiger partial charge in [0.15, 0.2) is 0 Å².